The number of halogens is 1. The van der Waals surface area contributed by atoms with E-state index in [1.54, 1.807) is 24.9 Å². The van der Waals surface area contributed by atoms with Crippen LogP contribution in [0.15, 0.2) is 35.5 Å². The molecule has 0 aromatic carbocycles. The van der Waals surface area contributed by atoms with E-state index in [2.05, 4.69) is 40.7 Å². The van der Waals surface area contributed by atoms with E-state index in [-0.39, 0.29) is 0 Å². The van der Waals surface area contributed by atoms with Gasteiger partial charge in [-0.15, -0.1) is 0 Å². The second-order valence-electron chi connectivity index (χ2n) is 4.60. The molecule has 6 nitrogen and oxygen atoms in total. The number of hydrogen-bond donors (Lipinski definition) is 1. The Bertz CT molecular complexity index is 543. The van der Waals surface area contributed by atoms with Gasteiger partial charge in [0.15, 0.2) is 0 Å². The molecule has 2 aromatic rings. The van der Waals surface area contributed by atoms with Crippen molar-refractivity contribution in [3.63, 3.8) is 0 Å². The van der Waals surface area contributed by atoms with E-state index in [4.69, 9.17) is 5.73 Å². The molecular formula is C13H15BrN6. The molecule has 0 atom stereocenters. The smallest absolute Gasteiger partial charge is 0.146 e. The van der Waals surface area contributed by atoms with Crippen LogP contribution >= 0.6 is 15.9 Å². The largest absolute Gasteiger partial charge is 0.396 e. The zero-order chi connectivity index (χ0) is 13.9. The molecule has 1 fully saturated rings. The molecule has 7 heteroatoms. The molecule has 2 aromatic heterocycles. The minimum absolute atomic E-state index is 0.726. The third-order valence-corrected chi connectivity index (χ3v) is 3.96. The summed E-state index contributed by atoms with van der Waals surface area (Å²) in [5.74, 6) is 0.947. The summed E-state index contributed by atoms with van der Waals surface area (Å²) in [5.41, 5.74) is 7.76. The van der Waals surface area contributed by atoms with Gasteiger partial charge < -0.3 is 15.5 Å². The molecule has 1 aliphatic rings. The number of nitrogen functional groups attached to an aromatic ring is 1. The minimum Gasteiger partial charge on any atom is -0.396 e. The third kappa shape index (κ3) is 2.53. The number of rotatable bonds is 2. The van der Waals surface area contributed by atoms with Gasteiger partial charge in [0.25, 0.3) is 0 Å². The summed E-state index contributed by atoms with van der Waals surface area (Å²) in [6.45, 7) is 3.62. The fourth-order valence-electron chi connectivity index (χ4n) is 2.39. The van der Waals surface area contributed by atoms with E-state index in [0.717, 1.165) is 47.8 Å². The standard InChI is InChI=1S/C13H15BrN6/c14-10-7-17-9-18-13(10)20-5-3-19(4-6-20)12-1-2-16-8-11(12)15/h1-2,7-9H,3-6,15H2. The van der Waals surface area contributed by atoms with Crippen molar-refractivity contribution < 1.29 is 0 Å². The summed E-state index contributed by atoms with van der Waals surface area (Å²) >= 11 is 3.49. The molecule has 2 N–H and O–H groups in total. The van der Waals surface area contributed by atoms with Gasteiger partial charge in [-0.2, -0.15) is 0 Å². The summed E-state index contributed by atoms with van der Waals surface area (Å²) in [6, 6.07) is 1.96. The molecule has 1 saturated heterocycles. The monoisotopic (exact) mass is 334 g/mol. The number of aromatic nitrogens is 3. The third-order valence-electron chi connectivity index (χ3n) is 3.40. The van der Waals surface area contributed by atoms with Crippen LogP contribution in [0.5, 0.6) is 0 Å². The first kappa shape index (κ1) is 13.1. The van der Waals surface area contributed by atoms with E-state index >= 15 is 0 Å². The lowest BCUT2D eigenvalue weighted by Crippen LogP contribution is -2.47. The second-order valence-corrected chi connectivity index (χ2v) is 5.46. The van der Waals surface area contributed by atoms with Gasteiger partial charge in [-0.25, -0.2) is 9.97 Å². The number of pyridine rings is 1. The lowest BCUT2D eigenvalue weighted by Gasteiger charge is -2.37. The number of anilines is 3. The average Bonchev–Trinajstić information content (AvgIpc) is 2.49. The van der Waals surface area contributed by atoms with Crippen LogP contribution in [0.2, 0.25) is 0 Å². The number of piperazine rings is 1. The Morgan fingerprint density at radius 3 is 2.50 bits per heavy atom. The van der Waals surface area contributed by atoms with Crippen molar-refractivity contribution in [3.8, 4) is 0 Å². The van der Waals surface area contributed by atoms with Crippen molar-refractivity contribution in [1.29, 1.82) is 0 Å². The lowest BCUT2D eigenvalue weighted by atomic mass is 10.2. The molecule has 1 aliphatic heterocycles. The SMILES string of the molecule is Nc1cnccc1N1CCN(c2ncncc2Br)CC1. The Kier molecular flexibility index (Phi) is 3.68. The van der Waals surface area contributed by atoms with Crippen LogP contribution in [0.1, 0.15) is 0 Å². The Balaban J connectivity index is 1.72. The molecule has 0 spiro atoms. The van der Waals surface area contributed by atoms with Crippen LogP contribution in [-0.4, -0.2) is 41.1 Å². The highest BCUT2D eigenvalue weighted by atomic mass is 79.9. The maximum Gasteiger partial charge on any atom is 0.146 e. The van der Waals surface area contributed by atoms with Crippen molar-refractivity contribution in [2.45, 2.75) is 0 Å². The summed E-state index contributed by atoms with van der Waals surface area (Å²) in [6.07, 6.45) is 6.82. The topological polar surface area (TPSA) is 71.2 Å². The van der Waals surface area contributed by atoms with Crippen LogP contribution in [0.25, 0.3) is 0 Å². The average molecular weight is 335 g/mol. The number of nitrogens with zero attached hydrogens (tertiary/aromatic N) is 5. The van der Waals surface area contributed by atoms with Gasteiger partial charge in [-0.05, 0) is 22.0 Å². The first-order valence-corrected chi connectivity index (χ1v) is 7.20. The summed E-state index contributed by atoms with van der Waals surface area (Å²) in [4.78, 5) is 16.9. The Hall–Kier alpha value is -1.89. The van der Waals surface area contributed by atoms with E-state index in [1.807, 2.05) is 6.07 Å². The van der Waals surface area contributed by atoms with Gasteiger partial charge in [0.2, 0.25) is 0 Å². The Morgan fingerprint density at radius 1 is 1.05 bits per heavy atom. The van der Waals surface area contributed by atoms with Crippen molar-refractivity contribution in [3.05, 3.63) is 35.5 Å². The Morgan fingerprint density at radius 2 is 1.80 bits per heavy atom. The van der Waals surface area contributed by atoms with Gasteiger partial charge in [0.1, 0.15) is 12.1 Å². The van der Waals surface area contributed by atoms with Crippen molar-refractivity contribution in [2.24, 2.45) is 0 Å². The minimum atomic E-state index is 0.726. The van der Waals surface area contributed by atoms with Gasteiger partial charge in [-0.3, -0.25) is 4.98 Å². The summed E-state index contributed by atoms with van der Waals surface area (Å²) in [5, 5.41) is 0. The quantitative estimate of drug-likeness (QED) is 0.898. The van der Waals surface area contributed by atoms with Gasteiger partial charge in [-0.1, -0.05) is 0 Å². The van der Waals surface area contributed by atoms with E-state index in [0.29, 0.717) is 0 Å². The number of hydrogen-bond acceptors (Lipinski definition) is 6. The molecule has 0 amide bonds. The molecule has 0 saturated carbocycles. The van der Waals surface area contributed by atoms with Crippen molar-refractivity contribution in [2.75, 3.05) is 41.7 Å². The molecule has 0 aliphatic carbocycles. The lowest BCUT2D eigenvalue weighted by molar-refractivity contribution is 0.646. The molecule has 104 valence electrons. The molecule has 3 rings (SSSR count). The zero-order valence-corrected chi connectivity index (χ0v) is 12.5. The van der Waals surface area contributed by atoms with Crippen LogP contribution in [0.4, 0.5) is 17.2 Å². The number of nitrogens with two attached hydrogens (primary N) is 1. The molecule has 20 heavy (non-hydrogen) atoms. The Labute approximate surface area is 125 Å². The highest BCUT2D eigenvalue weighted by Gasteiger charge is 2.20. The maximum atomic E-state index is 5.98. The molecular weight excluding hydrogens is 320 g/mol. The second kappa shape index (κ2) is 5.62. The van der Waals surface area contributed by atoms with Crippen LogP contribution < -0.4 is 15.5 Å². The normalized spacial score (nSPS) is 15.4. The summed E-state index contributed by atoms with van der Waals surface area (Å²) in [7, 11) is 0. The van der Waals surface area contributed by atoms with E-state index in [1.165, 1.54) is 0 Å². The van der Waals surface area contributed by atoms with E-state index < -0.39 is 0 Å². The van der Waals surface area contributed by atoms with Crippen LogP contribution in [-0.2, 0) is 0 Å². The zero-order valence-electron chi connectivity index (χ0n) is 10.9. The van der Waals surface area contributed by atoms with Crippen molar-refractivity contribution >= 4 is 33.1 Å². The first-order valence-electron chi connectivity index (χ1n) is 6.40. The van der Waals surface area contributed by atoms with Crippen LogP contribution in [0.3, 0.4) is 0 Å². The van der Waals surface area contributed by atoms with Crippen molar-refractivity contribution in [1.82, 2.24) is 15.0 Å². The van der Waals surface area contributed by atoms with E-state index in [9.17, 15) is 0 Å². The molecule has 0 unspecified atom stereocenters. The molecule has 0 bridgehead atoms. The molecule has 0 radical (unpaired) electrons. The molecule has 3 heterocycles. The fourth-order valence-corrected chi connectivity index (χ4v) is 2.86. The van der Waals surface area contributed by atoms with Crippen LogP contribution in [0, 0.1) is 0 Å². The predicted molar refractivity (Wildman–Crippen MR) is 82.8 cm³/mol. The predicted octanol–water partition coefficient (Wildman–Crippen LogP) is 1.54. The van der Waals surface area contributed by atoms with Gasteiger partial charge in [0, 0.05) is 38.6 Å². The fraction of sp³-hybridized carbons (Fsp3) is 0.308. The van der Waals surface area contributed by atoms with Gasteiger partial charge >= 0.3 is 0 Å². The summed E-state index contributed by atoms with van der Waals surface area (Å²) < 4.78 is 0.928. The highest BCUT2D eigenvalue weighted by Crippen LogP contribution is 2.26. The highest BCUT2D eigenvalue weighted by molar-refractivity contribution is 9.10. The first-order chi connectivity index (χ1) is 9.75. The van der Waals surface area contributed by atoms with Gasteiger partial charge in [0.05, 0.1) is 22.0 Å². The maximum absolute atomic E-state index is 5.98.